The predicted molar refractivity (Wildman–Crippen MR) is 68.0 cm³/mol. The number of carbonyl (C=O) groups is 2. The first kappa shape index (κ1) is 13.4. The van der Waals surface area contributed by atoms with Gasteiger partial charge in [-0.3, -0.25) is 9.59 Å². The van der Waals surface area contributed by atoms with Crippen LogP contribution in [0.5, 0.6) is 0 Å². The molecular weight excluding hydrogens is 230 g/mol. The Balaban J connectivity index is 2.04. The Morgan fingerprint density at radius 1 is 1.22 bits per heavy atom. The second-order valence-corrected chi connectivity index (χ2v) is 6.15. The highest BCUT2D eigenvalue weighted by atomic mass is 16.4. The molecule has 0 bridgehead atoms. The summed E-state index contributed by atoms with van der Waals surface area (Å²) in [6, 6.07) is 0.253. The van der Waals surface area contributed by atoms with E-state index in [0.717, 1.165) is 6.42 Å². The van der Waals surface area contributed by atoms with Crippen molar-refractivity contribution >= 4 is 11.9 Å². The maximum atomic E-state index is 12.4. The topological polar surface area (TPSA) is 57.6 Å². The molecule has 18 heavy (non-hydrogen) atoms. The van der Waals surface area contributed by atoms with Crippen LogP contribution >= 0.6 is 0 Å². The summed E-state index contributed by atoms with van der Waals surface area (Å²) in [6.45, 7) is 4.11. The minimum Gasteiger partial charge on any atom is -0.481 e. The summed E-state index contributed by atoms with van der Waals surface area (Å²) >= 11 is 0. The highest BCUT2D eigenvalue weighted by molar-refractivity contribution is 5.85. The number of carboxylic acids is 1. The van der Waals surface area contributed by atoms with E-state index in [2.05, 4.69) is 6.92 Å². The van der Waals surface area contributed by atoms with Crippen LogP contribution in [-0.4, -0.2) is 35.0 Å². The molecule has 1 amide bonds. The van der Waals surface area contributed by atoms with Crippen molar-refractivity contribution in [2.45, 2.75) is 45.6 Å². The van der Waals surface area contributed by atoms with E-state index in [-0.39, 0.29) is 17.9 Å². The number of amides is 1. The summed E-state index contributed by atoms with van der Waals surface area (Å²) in [6.07, 6.45) is 3.75. The molecule has 102 valence electrons. The quantitative estimate of drug-likeness (QED) is 0.833. The van der Waals surface area contributed by atoms with Gasteiger partial charge in [-0.2, -0.15) is 0 Å². The van der Waals surface area contributed by atoms with Crippen LogP contribution in [0.3, 0.4) is 0 Å². The molecule has 0 saturated heterocycles. The molecule has 2 aliphatic rings. The third kappa shape index (κ3) is 2.52. The first-order valence-corrected chi connectivity index (χ1v) is 6.91. The summed E-state index contributed by atoms with van der Waals surface area (Å²) < 4.78 is 0. The van der Waals surface area contributed by atoms with E-state index >= 15 is 0 Å². The smallest absolute Gasteiger partial charge is 0.307 e. The van der Waals surface area contributed by atoms with E-state index in [9.17, 15) is 14.7 Å². The number of carbonyl (C=O) groups excluding carboxylic acids is 1. The Bertz CT molecular complexity index is 351. The molecule has 2 rings (SSSR count). The Labute approximate surface area is 108 Å². The van der Waals surface area contributed by atoms with Gasteiger partial charge in [0.25, 0.3) is 0 Å². The zero-order chi connectivity index (χ0) is 13.4. The fraction of sp³-hybridized carbons (Fsp3) is 0.857. The third-order valence-corrected chi connectivity index (χ3v) is 4.70. The fourth-order valence-corrected chi connectivity index (χ4v) is 3.19. The van der Waals surface area contributed by atoms with Gasteiger partial charge < -0.3 is 10.0 Å². The van der Waals surface area contributed by atoms with Gasteiger partial charge in [0, 0.05) is 13.1 Å². The van der Waals surface area contributed by atoms with Crippen molar-refractivity contribution in [3.05, 3.63) is 0 Å². The second kappa shape index (κ2) is 4.90. The number of rotatable bonds is 4. The summed E-state index contributed by atoms with van der Waals surface area (Å²) in [7, 11) is 1.83. The van der Waals surface area contributed by atoms with Crippen molar-refractivity contribution < 1.29 is 14.7 Å². The van der Waals surface area contributed by atoms with E-state index in [0.29, 0.717) is 18.3 Å². The van der Waals surface area contributed by atoms with Crippen molar-refractivity contribution in [2.24, 2.45) is 23.7 Å². The second-order valence-electron chi connectivity index (χ2n) is 6.15. The molecule has 0 aliphatic heterocycles. The lowest BCUT2D eigenvalue weighted by molar-refractivity contribution is -0.149. The molecule has 2 unspecified atom stereocenters. The molecule has 1 N–H and O–H groups in total. The predicted octanol–water partition coefficient (Wildman–Crippen LogP) is 1.99. The zero-order valence-corrected chi connectivity index (χ0v) is 11.4. The van der Waals surface area contributed by atoms with Crippen molar-refractivity contribution in [1.29, 1.82) is 0 Å². The van der Waals surface area contributed by atoms with Crippen molar-refractivity contribution in [3.8, 4) is 0 Å². The van der Waals surface area contributed by atoms with Crippen molar-refractivity contribution in [3.63, 3.8) is 0 Å². The van der Waals surface area contributed by atoms with Crippen molar-refractivity contribution in [2.75, 3.05) is 7.05 Å². The third-order valence-electron chi connectivity index (χ3n) is 4.70. The molecule has 0 spiro atoms. The maximum Gasteiger partial charge on any atom is 0.307 e. The lowest BCUT2D eigenvalue weighted by Gasteiger charge is -2.29. The normalized spacial score (nSPS) is 33.2. The van der Waals surface area contributed by atoms with Gasteiger partial charge in [-0.25, -0.2) is 0 Å². The average Bonchev–Trinajstić information content (AvgIpc) is 3.09. The van der Waals surface area contributed by atoms with Crippen LogP contribution in [0.1, 0.15) is 39.5 Å². The summed E-state index contributed by atoms with van der Waals surface area (Å²) in [5, 5.41) is 9.22. The maximum absolute atomic E-state index is 12.4. The Morgan fingerprint density at radius 2 is 1.78 bits per heavy atom. The van der Waals surface area contributed by atoms with E-state index in [1.165, 1.54) is 12.8 Å². The molecule has 0 aromatic heterocycles. The zero-order valence-electron chi connectivity index (χ0n) is 11.4. The van der Waals surface area contributed by atoms with Crippen LogP contribution < -0.4 is 0 Å². The average molecular weight is 253 g/mol. The Morgan fingerprint density at radius 3 is 2.28 bits per heavy atom. The number of nitrogens with zero attached hydrogens (tertiary/aromatic N) is 1. The van der Waals surface area contributed by atoms with E-state index in [1.54, 1.807) is 4.90 Å². The Hall–Kier alpha value is -1.06. The van der Waals surface area contributed by atoms with Gasteiger partial charge in [-0.15, -0.1) is 0 Å². The van der Waals surface area contributed by atoms with Gasteiger partial charge in [0.05, 0.1) is 11.8 Å². The molecule has 4 atom stereocenters. The number of hydrogen-bond donors (Lipinski definition) is 1. The van der Waals surface area contributed by atoms with Crippen LogP contribution in [-0.2, 0) is 9.59 Å². The highest BCUT2D eigenvalue weighted by Crippen LogP contribution is 2.40. The first-order valence-electron chi connectivity index (χ1n) is 6.91. The monoisotopic (exact) mass is 253 g/mol. The van der Waals surface area contributed by atoms with Crippen LogP contribution in [0.25, 0.3) is 0 Å². The van der Waals surface area contributed by atoms with Gasteiger partial charge in [0.15, 0.2) is 0 Å². The van der Waals surface area contributed by atoms with Crippen LogP contribution in [0.4, 0.5) is 0 Å². The summed E-state index contributed by atoms with van der Waals surface area (Å²) in [5.74, 6) is -0.618. The van der Waals surface area contributed by atoms with Gasteiger partial charge in [-0.05, 0) is 44.4 Å². The van der Waals surface area contributed by atoms with Crippen LogP contribution in [0.2, 0.25) is 0 Å². The first-order chi connectivity index (χ1) is 8.41. The van der Waals surface area contributed by atoms with Crippen molar-refractivity contribution in [1.82, 2.24) is 4.90 Å². The standard InChI is InChI=1S/C14H23NO3/c1-8-6-11(12(7-8)14(17)18)13(16)15(3)9(2)10-4-5-10/h8-12H,4-7H2,1-3H3,(H,17,18)/t8?,9?,11-,12+/m0/s1. The molecule has 4 nitrogen and oxygen atoms in total. The number of aliphatic carboxylic acids is 1. The SMILES string of the molecule is CC1C[C@H](C(=O)N(C)C(C)C2CC2)[C@H](C(=O)O)C1. The van der Waals surface area contributed by atoms with E-state index in [1.807, 2.05) is 14.0 Å². The van der Waals surface area contributed by atoms with Gasteiger partial charge in [-0.1, -0.05) is 6.92 Å². The minimum atomic E-state index is -0.815. The molecule has 0 heterocycles. The Kier molecular flexibility index (Phi) is 3.64. The van der Waals surface area contributed by atoms with Gasteiger partial charge >= 0.3 is 5.97 Å². The number of carboxylic acid groups (broad SMARTS) is 1. The molecule has 0 radical (unpaired) electrons. The van der Waals surface area contributed by atoms with E-state index in [4.69, 9.17) is 0 Å². The lowest BCUT2D eigenvalue weighted by atomic mass is 9.94. The molecule has 0 aromatic rings. The van der Waals surface area contributed by atoms with E-state index < -0.39 is 11.9 Å². The molecule has 2 fully saturated rings. The molecule has 0 aromatic carbocycles. The molecule has 2 aliphatic carbocycles. The largest absolute Gasteiger partial charge is 0.481 e. The lowest BCUT2D eigenvalue weighted by Crippen LogP contribution is -2.42. The summed E-state index contributed by atoms with van der Waals surface area (Å²) in [4.78, 5) is 25.5. The minimum absolute atomic E-state index is 0.0335. The molecule has 4 heteroatoms. The number of hydrogen-bond acceptors (Lipinski definition) is 2. The van der Waals surface area contributed by atoms with Gasteiger partial charge in [0.2, 0.25) is 5.91 Å². The fourth-order valence-electron chi connectivity index (χ4n) is 3.19. The highest BCUT2D eigenvalue weighted by Gasteiger charge is 2.44. The van der Waals surface area contributed by atoms with Crippen LogP contribution in [0.15, 0.2) is 0 Å². The van der Waals surface area contributed by atoms with Gasteiger partial charge in [0.1, 0.15) is 0 Å². The molecule has 2 saturated carbocycles. The van der Waals surface area contributed by atoms with Crippen LogP contribution in [0, 0.1) is 23.7 Å². The summed E-state index contributed by atoms with van der Waals surface area (Å²) in [5.41, 5.74) is 0. The molecular formula is C14H23NO3.